The monoisotopic (exact) mass is 190 g/mol. The highest BCUT2D eigenvalue weighted by Gasteiger charge is 2.05. The third-order valence-electron chi connectivity index (χ3n) is 2.03. The summed E-state index contributed by atoms with van der Waals surface area (Å²) in [6, 6.07) is 5.79. The zero-order valence-corrected chi connectivity index (χ0v) is 8.02. The Labute approximate surface area is 81.5 Å². The van der Waals surface area contributed by atoms with E-state index in [2.05, 4.69) is 14.7 Å². The SMILES string of the molecule is COc1cc(-c2ncon2)ccc1C. The maximum atomic E-state index is 5.20. The Morgan fingerprint density at radius 3 is 2.86 bits per heavy atom. The van der Waals surface area contributed by atoms with E-state index in [4.69, 9.17) is 4.74 Å². The molecule has 72 valence electrons. The molecule has 0 atom stereocenters. The van der Waals surface area contributed by atoms with Gasteiger partial charge in [0, 0.05) is 5.56 Å². The van der Waals surface area contributed by atoms with Crippen molar-refractivity contribution in [2.75, 3.05) is 7.11 Å². The van der Waals surface area contributed by atoms with Crippen LogP contribution in [0.1, 0.15) is 5.56 Å². The Hall–Kier alpha value is -1.84. The number of ether oxygens (including phenoxy) is 1. The first-order valence-electron chi connectivity index (χ1n) is 4.22. The van der Waals surface area contributed by atoms with E-state index in [1.54, 1.807) is 7.11 Å². The maximum Gasteiger partial charge on any atom is 0.214 e. The van der Waals surface area contributed by atoms with Gasteiger partial charge >= 0.3 is 0 Å². The molecule has 1 heterocycles. The zero-order valence-electron chi connectivity index (χ0n) is 8.02. The molecule has 0 saturated heterocycles. The second-order valence-corrected chi connectivity index (χ2v) is 2.94. The first-order chi connectivity index (χ1) is 6.81. The minimum Gasteiger partial charge on any atom is -0.496 e. The van der Waals surface area contributed by atoms with Crippen LogP contribution in [0, 0.1) is 6.92 Å². The number of methoxy groups -OCH3 is 1. The highest BCUT2D eigenvalue weighted by atomic mass is 16.5. The van der Waals surface area contributed by atoms with Crippen LogP contribution < -0.4 is 4.74 Å². The molecule has 0 aliphatic carbocycles. The molecule has 4 nitrogen and oxygen atoms in total. The van der Waals surface area contributed by atoms with Crippen molar-refractivity contribution in [2.45, 2.75) is 6.92 Å². The van der Waals surface area contributed by atoms with Crippen LogP contribution >= 0.6 is 0 Å². The molecule has 0 N–H and O–H groups in total. The smallest absolute Gasteiger partial charge is 0.214 e. The van der Waals surface area contributed by atoms with E-state index < -0.39 is 0 Å². The molecule has 4 heteroatoms. The molecule has 0 saturated carbocycles. The van der Waals surface area contributed by atoms with Gasteiger partial charge in [0.15, 0.2) is 0 Å². The second-order valence-electron chi connectivity index (χ2n) is 2.94. The minimum absolute atomic E-state index is 0.573. The molecule has 0 aliphatic heterocycles. The van der Waals surface area contributed by atoms with Crippen LogP contribution in [0.3, 0.4) is 0 Å². The minimum atomic E-state index is 0.573. The van der Waals surface area contributed by atoms with E-state index in [0.717, 1.165) is 16.9 Å². The molecule has 0 radical (unpaired) electrons. The standard InChI is InChI=1S/C10H10N2O2/c1-7-3-4-8(5-9(7)13-2)10-11-6-14-12-10/h3-6H,1-2H3. The largest absolute Gasteiger partial charge is 0.496 e. The normalized spacial score (nSPS) is 10.1. The molecule has 0 unspecified atom stereocenters. The van der Waals surface area contributed by atoms with Crippen molar-refractivity contribution in [2.24, 2.45) is 0 Å². The summed E-state index contributed by atoms with van der Waals surface area (Å²) in [4.78, 5) is 3.96. The van der Waals surface area contributed by atoms with Crippen molar-refractivity contribution < 1.29 is 9.26 Å². The topological polar surface area (TPSA) is 48.2 Å². The van der Waals surface area contributed by atoms with Crippen LogP contribution in [0.4, 0.5) is 0 Å². The van der Waals surface area contributed by atoms with E-state index in [-0.39, 0.29) is 0 Å². The molecular formula is C10H10N2O2. The molecule has 1 aromatic heterocycles. The van der Waals surface area contributed by atoms with Crippen molar-refractivity contribution in [3.05, 3.63) is 30.2 Å². The van der Waals surface area contributed by atoms with Crippen molar-refractivity contribution in [1.29, 1.82) is 0 Å². The van der Waals surface area contributed by atoms with Gasteiger partial charge in [0.25, 0.3) is 0 Å². The quantitative estimate of drug-likeness (QED) is 0.727. The van der Waals surface area contributed by atoms with E-state index in [0.29, 0.717) is 5.82 Å². The molecule has 0 amide bonds. The van der Waals surface area contributed by atoms with Crippen LogP contribution in [0.15, 0.2) is 29.1 Å². The average Bonchev–Trinajstić information content (AvgIpc) is 2.71. The summed E-state index contributed by atoms with van der Waals surface area (Å²) in [6.45, 7) is 1.98. The van der Waals surface area contributed by atoms with Crippen molar-refractivity contribution in [3.63, 3.8) is 0 Å². The van der Waals surface area contributed by atoms with Crippen LogP contribution in [0.2, 0.25) is 0 Å². The summed E-state index contributed by atoms with van der Waals surface area (Å²) in [5.74, 6) is 1.40. The lowest BCUT2D eigenvalue weighted by Gasteiger charge is -2.04. The van der Waals surface area contributed by atoms with Gasteiger partial charge in [-0.05, 0) is 18.6 Å². The van der Waals surface area contributed by atoms with Gasteiger partial charge in [0.1, 0.15) is 5.75 Å². The Bertz CT molecular complexity index is 424. The highest BCUT2D eigenvalue weighted by molar-refractivity contribution is 5.58. The molecule has 14 heavy (non-hydrogen) atoms. The fourth-order valence-corrected chi connectivity index (χ4v) is 1.26. The maximum absolute atomic E-state index is 5.20. The predicted molar refractivity (Wildman–Crippen MR) is 51.0 cm³/mol. The fraction of sp³-hybridized carbons (Fsp3) is 0.200. The molecule has 0 aliphatic rings. The van der Waals surface area contributed by atoms with Gasteiger partial charge in [0.2, 0.25) is 12.2 Å². The van der Waals surface area contributed by atoms with Gasteiger partial charge in [0.05, 0.1) is 7.11 Å². The number of aryl methyl sites for hydroxylation is 1. The lowest BCUT2D eigenvalue weighted by Crippen LogP contribution is -1.88. The second kappa shape index (κ2) is 3.49. The van der Waals surface area contributed by atoms with E-state index in [1.165, 1.54) is 6.39 Å². The molecule has 0 spiro atoms. The Balaban J connectivity index is 2.46. The molecule has 1 aromatic carbocycles. The first kappa shape index (κ1) is 8.74. The number of rotatable bonds is 2. The van der Waals surface area contributed by atoms with E-state index >= 15 is 0 Å². The Kier molecular flexibility index (Phi) is 2.18. The summed E-state index contributed by atoms with van der Waals surface area (Å²) in [5, 5.41) is 3.75. The number of hydrogen-bond acceptors (Lipinski definition) is 4. The summed E-state index contributed by atoms with van der Waals surface area (Å²) in [6.07, 6.45) is 1.31. The van der Waals surface area contributed by atoms with Crippen molar-refractivity contribution in [1.82, 2.24) is 10.1 Å². The van der Waals surface area contributed by atoms with Gasteiger partial charge < -0.3 is 9.26 Å². The van der Waals surface area contributed by atoms with E-state index in [9.17, 15) is 0 Å². The predicted octanol–water partition coefficient (Wildman–Crippen LogP) is 2.05. The Morgan fingerprint density at radius 2 is 2.21 bits per heavy atom. The van der Waals surface area contributed by atoms with Crippen molar-refractivity contribution in [3.8, 4) is 17.1 Å². The Morgan fingerprint density at radius 1 is 1.36 bits per heavy atom. The third-order valence-corrected chi connectivity index (χ3v) is 2.03. The van der Waals surface area contributed by atoms with Gasteiger partial charge in [-0.1, -0.05) is 17.3 Å². The lowest BCUT2D eigenvalue weighted by atomic mass is 10.1. The average molecular weight is 190 g/mol. The number of nitrogens with zero attached hydrogens (tertiary/aromatic N) is 2. The fourth-order valence-electron chi connectivity index (χ4n) is 1.26. The van der Waals surface area contributed by atoms with E-state index in [1.807, 2.05) is 25.1 Å². The van der Waals surface area contributed by atoms with Crippen LogP contribution in [0.5, 0.6) is 5.75 Å². The highest BCUT2D eigenvalue weighted by Crippen LogP contribution is 2.24. The van der Waals surface area contributed by atoms with Gasteiger partial charge in [-0.25, -0.2) is 0 Å². The van der Waals surface area contributed by atoms with Crippen LogP contribution in [0.25, 0.3) is 11.4 Å². The number of aromatic nitrogens is 2. The lowest BCUT2D eigenvalue weighted by molar-refractivity contribution is 0.411. The summed E-state index contributed by atoms with van der Waals surface area (Å²) in [5.41, 5.74) is 1.97. The van der Waals surface area contributed by atoms with Crippen molar-refractivity contribution >= 4 is 0 Å². The molecule has 2 aromatic rings. The van der Waals surface area contributed by atoms with Gasteiger partial charge in [-0.2, -0.15) is 4.98 Å². The number of hydrogen-bond donors (Lipinski definition) is 0. The summed E-state index contributed by atoms with van der Waals surface area (Å²) in [7, 11) is 1.64. The summed E-state index contributed by atoms with van der Waals surface area (Å²) < 4.78 is 9.87. The first-order valence-corrected chi connectivity index (χ1v) is 4.22. The third kappa shape index (κ3) is 1.46. The zero-order chi connectivity index (χ0) is 9.97. The van der Waals surface area contributed by atoms with Gasteiger partial charge in [-0.15, -0.1) is 0 Å². The van der Waals surface area contributed by atoms with Crippen LogP contribution in [-0.4, -0.2) is 17.3 Å². The molecule has 0 fully saturated rings. The number of benzene rings is 1. The van der Waals surface area contributed by atoms with Gasteiger partial charge in [-0.3, -0.25) is 0 Å². The summed E-state index contributed by atoms with van der Waals surface area (Å²) >= 11 is 0. The molecule has 0 bridgehead atoms. The molecule has 2 rings (SSSR count). The van der Waals surface area contributed by atoms with Crippen LogP contribution in [-0.2, 0) is 0 Å². The molecular weight excluding hydrogens is 180 g/mol.